The van der Waals surface area contributed by atoms with Crippen LogP contribution in [0, 0.1) is 0 Å². The fourth-order valence-corrected chi connectivity index (χ4v) is 2.12. The average molecular weight is 250 g/mol. The van der Waals surface area contributed by atoms with Gasteiger partial charge in [-0.15, -0.1) is 0 Å². The number of hydrogen-bond acceptors (Lipinski definition) is 6. The quantitative estimate of drug-likeness (QED) is 0.636. The predicted octanol–water partition coefficient (Wildman–Crippen LogP) is 0.0491. The molecule has 1 fully saturated rings. The van der Waals surface area contributed by atoms with Gasteiger partial charge in [-0.3, -0.25) is 0 Å². The van der Waals surface area contributed by atoms with Crippen LogP contribution < -0.4 is 0 Å². The van der Waals surface area contributed by atoms with Crippen LogP contribution >= 0.6 is 0 Å². The second-order valence-electron chi connectivity index (χ2n) is 3.83. The molecule has 0 spiro atoms. The molecule has 17 heavy (non-hydrogen) atoms. The molecule has 102 valence electrons. The molecular formula is C11H22O6. The van der Waals surface area contributed by atoms with Crippen LogP contribution in [0.1, 0.15) is 0 Å². The Morgan fingerprint density at radius 2 is 1.59 bits per heavy atom. The smallest absolute Gasteiger partial charge is 0.186 e. The highest BCUT2D eigenvalue weighted by molar-refractivity contribution is 4.93. The third kappa shape index (κ3) is 3.15. The van der Waals surface area contributed by atoms with Crippen LogP contribution in [0.15, 0.2) is 0 Å². The molecule has 0 amide bonds. The van der Waals surface area contributed by atoms with E-state index in [4.69, 9.17) is 28.4 Å². The van der Waals surface area contributed by atoms with Crippen LogP contribution in [0.5, 0.6) is 0 Å². The van der Waals surface area contributed by atoms with E-state index in [1.54, 1.807) is 35.5 Å². The molecule has 0 radical (unpaired) electrons. The van der Waals surface area contributed by atoms with Gasteiger partial charge in [0.1, 0.15) is 24.4 Å². The summed E-state index contributed by atoms with van der Waals surface area (Å²) >= 11 is 0. The Kier molecular flexibility index (Phi) is 6.32. The van der Waals surface area contributed by atoms with Crippen LogP contribution in [0.3, 0.4) is 0 Å². The van der Waals surface area contributed by atoms with Crippen molar-refractivity contribution in [2.45, 2.75) is 30.7 Å². The lowest BCUT2D eigenvalue weighted by Crippen LogP contribution is -2.43. The molecule has 0 bridgehead atoms. The number of ether oxygens (including phenoxy) is 6. The largest absolute Gasteiger partial charge is 0.382 e. The SMILES string of the molecule is COC[C@H](OC)[C@H]1O[C@@H](OC)[C@@H](OC)[C@@H]1OC. The van der Waals surface area contributed by atoms with E-state index >= 15 is 0 Å². The average Bonchev–Trinajstić information content (AvgIpc) is 2.73. The van der Waals surface area contributed by atoms with Crippen LogP contribution in [0.25, 0.3) is 0 Å². The van der Waals surface area contributed by atoms with Crippen molar-refractivity contribution in [1.29, 1.82) is 0 Å². The lowest BCUT2D eigenvalue weighted by Gasteiger charge is -2.26. The van der Waals surface area contributed by atoms with Crippen LogP contribution in [-0.4, -0.2) is 72.9 Å². The fraction of sp³-hybridized carbons (Fsp3) is 1.00. The van der Waals surface area contributed by atoms with Gasteiger partial charge in [-0.2, -0.15) is 0 Å². The van der Waals surface area contributed by atoms with Gasteiger partial charge >= 0.3 is 0 Å². The molecule has 1 saturated heterocycles. The van der Waals surface area contributed by atoms with Crippen molar-refractivity contribution >= 4 is 0 Å². The second kappa shape index (κ2) is 7.25. The van der Waals surface area contributed by atoms with Crippen molar-refractivity contribution in [2.75, 3.05) is 42.2 Å². The molecule has 0 aromatic carbocycles. The van der Waals surface area contributed by atoms with Gasteiger partial charge in [-0.05, 0) is 0 Å². The summed E-state index contributed by atoms with van der Waals surface area (Å²) in [6, 6.07) is 0. The van der Waals surface area contributed by atoms with Gasteiger partial charge in [0.05, 0.1) is 6.61 Å². The number of rotatable bonds is 7. The van der Waals surface area contributed by atoms with E-state index in [1.807, 2.05) is 0 Å². The molecule has 0 aromatic heterocycles. The fourth-order valence-electron chi connectivity index (χ4n) is 2.12. The summed E-state index contributed by atoms with van der Waals surface area (Å²) in [6.07, 6.45) is -1.47. The minimum Gasteiger partial charge on any atom is -0.382 e. The maximum absolute atomic E-state index is 5.75. The van der Waals surface area contributed by atoms with E-state index in [1.165, 1.54) is 0 Å². The third-order valence-electron chi connectivity index (χ3n) is 2.98. The van der Waals surface area contributed by atoms with Crippen molar-refractivity contribution in [3.8, 4) is 0 Å². The first-order valence-corrected chi connectivity index (χ1v) is 5.49. The van der Waals surface area contributed by atoms with Crippen LogP contribution in [-0.2, 0) is 28.4 Å². The molecule has 0 saturated carbocycles. The van der Waals surface area contributed by atoms with Gasteiger partial charge in [0, 0.05) is 35.5 Å². The molecule has 0 unspecified atom stereocenters. The van der Waals surface area contributed by atoms with Crippen LogP contribution in [0.2, 0.25) is 0 Å². The topological polar surface area (TPSA) is 55.4 Å². The van der Waals surface area contributed by atoms with Gasteiger partial charge in [0.15, 0.2) is 6.29 Å². The minimum atomic E-state index is -0.454. The first-order chi connectivity index (χ1) is 8.23. The monoisotopic (exact) mass is 250 g/mol. The van der Waals surface area contributed by atoms with Gasteiger partial charge in [0.2, 0.25) is 0 Å². The zero-order valence-corrected chi connectivity index (χ0v) is 11.0. The van der Waals surface area contributed by atoms with E-state index < -0.39 is 6.29 Å². The van der Waals surface area contributed by atoms with E-state index in [0.29, 0.717) is 6.61 Å². The molecule has 0 aromatic rings. The molecule has 1 aliphatic heterocycles. The molecular weight excluding hydrogens is 228 g/mol. The maximum Gasteiger partial charge on any atom is 0.186 e. The van der Waals surface area contributed by atoms with Crippen molar-refractivity contribution < 1.29 is 28.4 Å². The lowest BCUT2D eigenvalue weighted by atomic mass is 10.1. The highest BCUT2D eigenvalue weighted by atomic mass is 16.7. The first kappa shape index (κ1) is 14.8. The summed E-state index contributed by atoms with van der Waals surface area (Å²) in [5, 5.41) is 0. The molecule has 1 aliphatic rings. The van der Waals surface area contributed by atoms with Crippen molar-refractivity contribution in [1.82, 2.24) is 0 Å². The standard InChI is InChI=1S/C11H22O6/c1-12-6-7(13-2)8-9(14-3)10(15-4)11(16-5)17-8/h7-11H,6H2,1-5H3/t7-,8+,9+,10-,11+/m0/s1. The molecule has 6 nitrogen and oxygen atoms in total. The molecule has 6 heteroatoms. The number of methoxy groups -OCH3 is 5. The second-order valence-corrected chi connectivity index (χ2v) is 3.83. The van der Waals surface area contributed by atoms with Gasteiger partial charge in [0.25, 0.3) is 0 Å². The highest BCUT2D eigenvalue weighted by Gasteiger charge is 2.49. The minimum absolute atomic E-state index is 0.220. The summed E-state index contributed by atoms with van der Waals surface area (Å²) in [7, 11) is 8.02. The zero-order chi connectivity index (χ0) is 12.8. The van der Waals surface area contributed by atoms with Crippen molar-refractivity contribution in [2.24, 2.45) is 0 Å². The van der Waals surface area contributed by atoms with Gasteiger partial charge in [-0.1, -0.05) is 0 Å². The lowest BCUT2D eigenvalue weighted by molar-refractivity contribution is -0.175. The van der Waals surface area contributed by atoms with Gasteiger partial charge in [-0.25, -0.2) is 0 Å². The van der Waals surface area contributed by atoms with Gasteiger partial charge < -0.3 is 28.4 Å². The Labute approximate surface area is 102 Å². The Hall–Kier alpha value is -0.240. The number of hydrogen-bond donors (Lipinski definition) is 0. The Bertz CT molecular complexity index is 212. The van der Waals surface area contributed by atoms with Crippen molar-refractivity contribution in [3.05, 3.63) is 0 Å². The molecule has 1 heterocycles. The Balaban J connectivity index is 2.76. The zero-order valence-electron chi connectivity index (χ0n) is 11.0. The maximum atomic E-state index is 5.75. The molecule has 0 N–H and O–H groups in total. The normalized spacial score (nSPS) is 35.1. The molecule has 1 rings (SSSR count). The summed E-state index contributed by atoms with van der Waals surface area (Å²) < 4.78 is 32.2. The summed E-state index contributed by atoms with van der Waals surface area (Å²) in [4.78, 5) is 0. The summed E-state index contributed by atoms with van der Waals surface area (Å²) in [6.45, 7) is 0.424. The van der Waals surface area contributed by atoms with E-state index in [2.05, 4.69) is 0 Å². The van der Waals surface area contributed by atoms with Crippen LogP contribution in [0.4, 0.5) is 0 Å². The Morgan fingerprint density at radius 1 is 0.941 bits per heavy atom. The summed E-state index contributed by atoms with van der Waals surface area (Å²) in [5.41, 5.74) is 0. The van der Waals surface area contributed by atoms with E-state index in [9.17, 15) is 0 Å². The first-order valence-electron chi connectivity index (χ1n) is 5.49. The highest BCUT2D eigenvalue weighted by Crippen LogP contribution is 2.29. The molecule has 5 atom stereocenters. The van der Waals surface area contributed by atoms with Crippen molar-refractivity contribution in [3.63, 3.8) is 0 Å². The predicted molar refractivity (Wildman–Crippen MR) is 59.9 cm³/mol. The Morgan fingerprint density at radius 3 is 2.00 bits per heavy atom. The van der Waals surface area contributed by atoms with E-state index in [-0.39, 0.29) is 24.4 Å². The third-order valence-corrected chi connectivity index (χ3v) is 2.98. The van der Waals surface area contributed by atoms with E-state index in [0.717, 1.165) is 0 Å². The molecule has 0 aliphatic carbocycles. The summed E-state index contributed by atoms with van der Waals surface area (Å²) in [5.74, 6) is 0.